The average molecular weight is 493 g/mol. The second kappa shape index (κ2) is 11.0. The van der Waals surface area contributed by atoms with Crippen molar-refractivity contribution in [3.05, 3.63) is 107 Å². The summed E-state index contributed by atoms with van der Waals surface area (Å²) in [6.45, 7) is 3.97. The number of aryl methyl sites for hydroxylation is 2. The molecule has 1 heterocycles. The Morgan fingerprint density at radius 3 is 2.39 bits per heavy atom. The Morgan fingerprint density at radius 1 is 0.944 bits per heavy atom. The molecule has 2 unspecified atom stereocenters. The lowest BCUT2D eigenvalue weighted by Crippen LogP contribution is -2.34. The van der Waals surface area contributed by atoms with Crippen LogP contribution < -0.4 is 5.32 Å². The molecule has 0 aliphatic rings. The standard InChI is InChI=1S/C30H31F3N2O/c1-3-22-12-9-14-24-26(19-34-29(22)24)25(23-13-7-8-15-27(23)30(31,32)33)18-28(36)35-20(2)16-17-21-10-5-4-6-11-21/h4-15,19-20,25,34H,3,16-18H2,1-2H3,(H,35,36). The first-order valence-electron chi connectivity index (χ1n) is 12.4. The summed E-state index contributed by atoms with van der Waals surface area (Å²) in [4.78, 5) is 16.4. The van der Waals surface area contributed by atoms with Gasteiger partial charge in [-0.2, -0.15) is 13.2 Å². The van der Waals surface area contributed by atoms with Gasteiger partial charge in [-0.25, -0.2) is 0 Å². The molecular weight excluding hydrogens is 461 g/mol. The molecule has 3 aromatic carbocycles. The summed E-state index contributed by atoms with van der Waals surface area (Å²) < 4.78 is 42.0. The van der Waals surface area contributed by atoms with Gasteiger partial charge in [0.1, 0.15) is 0 Å². The Morgan fingerprint density at radius 2 is 1.67 bits per heavy atom. The molecule has 4 aromatic rings. The van der Waals surface area contributed by atoms with E-state index < -0.39 is 17.7 Å². The Hall–Kier alpha value is -3.54. The maximum Gasteiger partial charge on any atom is 0.416 e. The maximum atomic E-state index is 14.0. The Kier molecular flexibility index (Phi) is 7.82. The largest absolute Gasteiger partial charge is 0.416 e. The summed E-state index contributed by atoms with van der Waals surface area (Å²) in [5.41, 5.74) is 3.27. The molecule has 1 aromatic heterocycles. The van der Waals surface area contributed by atoms with Gasteiger partial charge in [-0.15, -0.1) is 0 Å². The molecule has 188 valence electrons. The monoisotopic (exact) mass is 492 g/mol. The van der Waals surface area contributed by atoms with Crippen LogP contribution in [0.25, 0.3) is 10.9 Å². The number of aromatic amines is 1. The highest BCUT2D eigenvalue weighted by Gasteiger charge is 2.36. The number of H-pyrrole nitrogens is 1. The molecule has 0 saturated carbocycles. The predicted molar refractivity (Wildman–Crippen MR) is 138 cm³/mol. The number of fused-ring (bicyclic) bond motifs is 1. The number of nitrogens with one attached hydrogen (secondary N) is 2. The molecule has 4 rings (SSSR count). The average Bonchev–Trinajstić information content (AvgIpc) is 3.30. The van der Waals surface area contributed by atoms with Crippen molar-refractivity contribution < 1.29 is 18.0 Å². The quantitative estimate of drug-likeness (QED) is 0.251. The van der Waals surface area contributed by atoms with Crippen LogP contribution in [-0.2, 0) is 23.8 Å². The fraction of sp³-hybridized carbons (Fsp3) is 0.300. The van der Waals surface area contributed by atoms with Crippen LogP contribution in [0.1, 0.15) is 60.4 Å². The third-order valence-corrected chi connectivity index (χ3v) is 6.74. The smallest absolute Gasteiger partial charge is 0.361 e. The van der Waals surface area contributed by atoms with Crippen molar-refractivity contribution in [3.8, 4) is 0 Å². The molecule has 0 radical (unpaired) electrons. The minimum Gasteiger partial charge on any atom is -0.361 e. The van der Waals surface area contributed by atoms with Crippen LogP contribution in [0.15, 0.2) is 79.0 Å². The minimum absolute atomic E-state index is 0.0773. The van der Waals surface area contributed by atoms with Gasteiger partial charge in [-0.3, -0.25) is 4.79 Å². The Labute approximate surface area is 209 Å². The summed E-state index contributed by atoms with van der Waals surface area (Å²) in [7, 11) is 0. The van der Waals surface area contributed by atoms with E-state index in [1.807, 2.05) is 62.4 Å². The highest BCUT2D eigenvalue weighted by atomic mass is 19.4. The van der Waals surface area contributed by atoms with Crippen molar-refractivity contribution in [1.29, 1.82) is 0 Å². The lowest BCUT2D eigenvalue weighted by Gasteiger charge is -2.23. The second-order valence-corrected chi connectivity index (χ2v) is 9.27. The molecule has 2 atom stereocenters. The number of para-hydroxylation sites is 1. The maximum absolute atomic E-state index is 14.0. The van der Waals surface area contributed by atoms with Crippen molar-refractivity contribution >= 4 is 16.8 Å². The van der Waals surface area contributed by atoms with Crippen LogP contribution in [0.4, 0.5) is 13.2 Å². The van der Waals surface area contributed by atoms with E-state index in [1.54, 1.807) is 12.3 Å². The van der Waals surface area contributed by atoms with E-state index in [0.29, 0.717) is 5.56 Å². The van der Waals surface area contributed by atoms with Crippen molar-refractivity contribution in [1.82, 2.24) is 10.3 Å². The third-order valence-electron chi connectivity index (χ3n) is 6.74. The zero-order valence-corrected chi connectivity index (χ0v) is 20.5. The number of carbonyl (C=O) groups is 1. The van der Waals surface area contributed by atoms with Crippen LogP contribution in [0.5, 0.6) is 0 Å². The van der Waals surface area contributed by atoms with Gasteiger partial charge in [0.15, 0.2) is 0 Å². The number of alkyl halides is 3. The molecule has 3 nitrogen and oxygen atoms in total. The number of carbonyl (C=O) groups excluding carboxylic acids is 1. The van der Waals surface area contributed by atoms with Crippen molar-refractivity contribution in [3.63, 3.8) is 0 Å². The molecular formula is C30H31F3N2O. The summed E-state index contributed by atoms with van der Waals surface area (Å²) in [6, 6.07) is 21.3. The van der Waals surface area contributed by atoms with Gasteiger partial charge in [0.05, 0.1) is 5.56 Å². The van der Waals surface area contributed by atoms with E-state index in [2.05, 4.69) is 10.3 Å². The third kappa shape index (κ3) is 5.81. The van der Waals surface area contributed by atoms with Gasteiger partial charge < -0.3 is 10.3 Å². The number of benzene rings is 3. The van der Waals surface area contributed by atoms with Gasteiger partial charge in [0, 0.05) is 35.5 Å². The molecule has 0 saturated heterocycles. The summed E-state index contributed by atoms with van der Waals surface area (Å²) in [5, 5.41) is 3.86. The predicted octanol–water partition coefficient (Wildman–Crippen LogP) is 7.41. The number of halogens is 3. The molecule has 0 aliphatic carbocycles. The van der Waals surface area contributed by atoms with E-state index in [0.717, 1.165) is 41.8 Å². The van der Waals surface area contributed by atoms with E-state index in [-0.39, 0.29) is 23.9 Å². The first-order valence-corrected chi connectivity index (χ1v) is 12.4. The first-order chi connectivity index (χ1) is 17.3. The van der Waals surface area contributed by atoms with Crippen molar-refractivity contribution in [2.24, 2.45) is 0 Å². The van der Waals surface area contributed by atoms with Gasteiger partial charge in [-0.05, 0) is 54.5 Å². The van der Waals surface area contributed by atoms with Gasteiger partial charge in [-0.1, -0.05) is 73.7 Å². The number of amides is 1. The highest BCUT2D eigenvalue weighted by molar-refractivity contribution is 5.88. The van der Waals surface area contributed by atoms with Crippen LogP contribution >= 0.6 is 0 Å². The number of rotatable bonds is 9. The van der Waals surface area contributed by atoms with Crippen molar-refractivity contribution in [2.75, 3.05) is 0 Å². The molecule has 0 bridgehead atoms. The lowest BCUT2D eigenvalue weighted by molar-refractivity contribution is -0.138. The molecule has 0 spiro atoms. The Bertz CT molecular complexity index is 1310. The summed E-state index contributed by atoms with van der Waals surface area (Å²) in [6.07, 6.45) is -0.493. The van der Waals surface area contributed by atoms with Crippen LogP contribution in [0.2, 0.25) is 0 Å². The normalized spacial score (nSPS) is 13.5. The number of hydrogen-bond donors (Lipinski definition) is 2. The summed E-state index contributed by atoms with van der Waals surface area (Å²) >= 11 is 0. The topological polar surface area (TPSA) is 44.9 Å². The zero-order chi connectivity index (χ0) is 25.7. The first kappa shape index (κ1) is 25.5. The van der Waals surface area contributed by atoms with Crippen LogP contribution in [0, 0.1) is 0 Å². The van der Waals surface area contributed by atoms with Crippen molar-refractivity contribution in [2.45, 2.75) is 57.7 Å². The van der Waals surface area contributed by atoms with Gasteiger partial charge in [0.25, 0.3) is 0 Å². The fourth-order valence-electron chi connectivity index (χ4n) is 4.89. The van der Waals surface area contributed by atoms with E-state index in [4.69, 9.17) is 0 Å². The van der Waals surface area contributed by atoms with E-state index in [9.17, 15) is 18.0 Å². The highest BCUT2D eigenvalue weighted by Crippen LogP contribution is 2.41. The molecule has 36 heavy (non-hydrogen) atoms. The van der Waals surface area contributed by atoms with Crippen LogP contribution in [0.3, 0.4) is 0 Å². The number of hydrogen-bond acceptors (Lipinski definition) is 1. The van der Waals surface area contributed by atoms with Crippen LogP contribution in [-0.4, -0.2) is 16.9 Å². The lowest BCUT2D eigenvalue weighted by atomic mass is 9.84. The van der Waals surface area contributed by atoms with E-state index >= 15 is 0 Å². The molecule has 1 amide bonds. The Balaban J connectivity index is 1.63. The summed E-state index contributed by atoms with van der Waals surface area (Å²) in [5.74, 6) is -1.01. The fourth-order valence-corrected chi connectivity index (χ4v) is 4.89. The molecule has 6 heteroatoms. The molecule has 0 fully saturated rings. The number of aromatic nitrogens is 1. The molecule has 2 N–H and O–H groups in total. The van der Waals surface area contributed by atoms with E-state index in [1.165, 1.54) is 17.7 Å². The SMILES string of the molecule is CCc1cccc2c(C(CC(=O)NC(C)CCc3ccccc3)c3ccccc3C(F)(F)F)c[nH]c12. The molecule has 0 aliphatic heterocycles. The zero-order valence-electron chi connectivity index (χ0n) is 20.5. The minimum atomic E-state index is -4.52. The van der Waals surface area contributed by atoms with Gasteiger partial charge in [0.2, 0.25) is 5.91 Å². The second-order valence-electron chi connectivity index (χ2n) is 9.27. The van der Waals surface area contributed by atoms with Gasteiger partial charge >= 0.3 is 6.18 Å².